The number of nitrogens with zero attached hydrogens (tertiary/aromatic N) is 1. The number of nitrogens with one attached hydrogen (secondary N) is 2. The highest BCUT2D eigenvalue weighted by molar-refractivity contribution is 5.78. The first-order valence-corrected chi connectivity index (χ1v) is 7.93. The van der Waals surface area contributed by atoms with Crippen molar-refractivity contribution in [2.75, 3.05) is 46.4 Å². The molecule has 1 atom stereocenters. The lowest BCUT2D eigenvalue weighted by atomic mass is 9.99. The summed E-state index contributed by atoms with van der Waals surface area (Å²) in [7, 11) is 1.98. The summed E-state index contributed by atoms with van der Waals surface area (Å²) in [6.07, 6.45) is 3.44. The molecule has 0 radical (unpaired) electrons. The van der Waals surface area contributed by atoms with E-state index >= 15 is 0 Å². The molecular weight excluding hydrogens is 270 g/mol. The molecule has 6 heteroatoms. The molecule has 1 saturated heterocycles. The van der Waals surface area contributed by atoms with Crippen molar-refractivity contribution in [3.8, 4) is 0 Å². The molecule has 0 aromatic carbocycles. The fraction of sp³-hybridized carbons (Fsp3) is 0.867. The zero-order valence-corrected chi connectivity index (χ0v) is 13.3. The molecule has 122 valence electrons. The Hall–Kier alpha value is -1.14. The average Bonchev–Trinajstić information content (AvgIpc) is 2.45. The van der Waals surface area contributed by atoms with Gasteiger partial charge >= 0.3 is 5.97 Å². The molecule has 1 heterocycles. The molecule has 2 N–H and O–H groups in total. The number of likely N-dealkylation sites (N-methyl/N-ethyl adjacent to an activating group) is 1. The minimum atomic E-state index is -0.200. The van der Waals surface area contributed by atoms with E-state index in [2.05, 4.69) is 15.5 Å². The number of piperidine rings is 1. The van der Waals surface area contributed by atoms with Gasteiger partial charge in [-0.15, -0.1) is 0 Å². The molecule has 0 aromatic rings. The molecule has 0 aromatic heterocycles. The van der Waals surface area contributed by atoms with E-state index in [0.717, 1.165) is 19.6 Å². The lowest BCUT2D eigenvalue weighted by Crippen LogP contribution is -2.41. The smallest absolute Gasteiger partial charge is 0.305 e. The van der Waals surface area contributed by atoms with Crippen molar-refractivity contribution in [2.24, 2.45) is 5.92 Å². The number of carbonyl (C=O) groups excluding carboxylic acids is 2. The molecule has 0 aliphatic carbocycles. The lowest BCUT2D eigenvalue weighted by molar-refractivity contribution is -0.143. The predicted molar refractivity (Wildman–Crippen MR) is 82.0 cm³/mol. The second kappa shape index (κ2) is 10.6. The number of ether oxygens (including phenoxy) is 1. The molecule has 0 bridgehead atoms. The minimum absolute atomic E-state index is 0.0186. The Morgan fingerprint density at radius 2 is 2.24 bits per heavy atom. The van der Waals surface area contributed by atoms with E-state index in [4.69, 9.17) is 4.74 Å². The summed E-state index contributed by atoms with van der Waals surface area (Å²) in [4.78, 5) is 25.0. The SMILES string of the molecule is CCOC(=O)CCCNC(=O)CN(C)CC1CCCNC1. The van der Waals surface area contributed by atoms with Crippen LogP contribution in [0, 0.1) is 5.92 Å². The average molecular weight is 299 g/mol. The fourth-order valence-corrected chi connectivity index (χ4v) is 2.58. The maximum absolute atomic E-state index is 11.8. The van der Waals surface area contributed by atoms with E-state index in [1.54, 1.807) is 6.92 Å². The van der Waals surface area contributed by atoms with E-state index in [-0.39, 0.29) is 11.9 Å². The van der Waals surface area contributed by atoms with E-state index in [1.165, 1.54) is 12.8 Å². The van der Waals surface area contributed by atoms with Crippen molar-refractivity contribution in [1.82, 2.24) is 15.5 Å². The Morgan fingerprint density at radius 3 is 2.90 bits per heavy atom. The van der Waals surface area contributed by atoms with Crippen LogP contribution in [0.3, 0.4) is 0 Å². The monoisotopic (exact) mass is 299 g/mol. The molecule has 1 unspecified atom stereocenters. The number of rotatable bonds is 9. The molecule has 6 nitrogen and oxygen atoms in total. The fourth-order valence-electron chi connectivity index (χ4n) is 2.58. The maximum Gasteiger partial charge on any atom is 0.305 e. The summed E-state index contributed by atoms with van der Waals surface area (Å²) in [5, 5.41) is 6.23. The van der Waals surface area contributed by atoms with Crippen molar-refractivity contribution in [3.63, 3.8) is 0 Å². The van der Waals surface area contributed by atoms with Crippen LogP contribution in [0.4, 0.5) is 0 Å². The van der Waals surface area contributed by atoms with Crippen LogP contribution < -0.4 is 10.6 Å². The van der Waals surface area contributed by atoms with Crippen LogP contribution in [-0.4, -0.2) is 63.2 Å². The second-order valence-corrected chi connectivity index (χ2v) is 5.67. The van der Waals surface area contributed by atoms with E-state index in [9.17, 15) is 9.59 Å². The van der Waals surface area contributed by atoms with Gasteiger partial charge in [-0.25, -0.2) is 0 Å². The van der Waals surface area contributed by atoms with Gasteiger partial charge in [0.1, 0.15) is 0 Å². The summed E-state index contributed by atoms with van der Waals surface area (Å²) in [6, 6.07) is 0. The van der Waals surface area contributed by atoms with E-state index in [1.807, 2.05) is 7.05 Å². The summed E-state index contributed by atoms with van der Waals surface area (Å²) >= 11 is 0. The lowest BCUT2D eigenvalue weighted by Gasteiger charge is -2.27. The van der Waals surface area contributed by atoms with Gasteiger partial charge in [-0.1, -0.05) is 0 Å². The number of hydrogen-bond donors (Lipinski definition) is 2. The van der Waals surface area contributed by atoms with Crippen molar-refractivity contribution in [1.29, 1.82) is 0 Å². The first-order valence-electron chi connectivity index (χ1n) is 7.93. The van der Waals surface area contributed by atoms with Crippen LogP contribution in [0.5, 0.6) is 0 Å². The summed E-state index contributed by atoms with van der Waals surface area (Å²) < 4.78 is 4.83. The third-order valence-corrected chi connectivity index (χ3v) is 3.57. The van der Waals surface area contributed by atoms with Crippen molar-refractivity contribution < 1.29 is 14.3 Å². The highest BCUT2D eigenvalue weighted by Crippen LogP contribution is 2.10. The Labute approximate surface area is 127 Å². The van der Waals surface area contributed by atoms with Crippen LogP contribution in [-0.2, 0) is 14.3 Å². The number of carbonyl (C=O) groups is 2. The van der Waals surface area contributed by atoms with E-state index < -0.39 is 0 Å². The van der Waals surface area contributed by atoms with Gasteiger partial charge in [0, 0.05) is 19.5 Å². The first-order chi connectivity index (χ1) is 10.1. The molecule has 1 fully saturated rings. The molecule has 0 saturated carbocycles. The van der Waals surface area contributed by atoms with Gasteiger partial charge in [-0.3, -0.25) is 14.5 Å². The minimum Gasteiger partial charge on any atom is -0.466 e. The topological polar surface area (TPSA) is 70.7 Å². The van der Waals surface area contributed by atoms with Gasteiger partial charge in [0.2, 0.25) is 5.91 Å². The summed E-state index contributed by atoms with van der Waals surface area (Å²) in [6.45, 7) is 6.24. The second-order valence-electron chi connectivity index (χ2n) is 5.67. The highest BCUT2D eigenvalue weighted by atomic mass is 16.5. The normalized spacial score (nSPS) is 18.5. The van der Waals surface area contributed by atoms with Crippen LogP contribution >= 0.6 is 0 Å². The Morgan fingerprint density at radius 1 is 1.43 bits per heavy atom. The number of amides is 1. The molecule has 21 heavy (non-hydrogen) atoms. The summed E-state index contributed by atoms with van der Waals surface area (Å²) in [5.41, 5.74) is 0. The third-order valence-electron chi connectivity index (χ3n) is 3.57. The molecule has 1 aliphatic rings. The van der Waals surface area contributed by atoms with Crippen molar-refractivity contribution in [3.05, 3.63) is 0 Å². The Balaban J connectivity index is 2.05. The largest absolute Gasteiger partial charge is 0.466 e. The summed E-state index contributed by atoms with van der Waals surface area (Å²) in [5.74, 6) is 0.458. The van der Waals surface area contributed by atoms with Gasteiger partial charge in [0.15, 0.2) is 0 Å². The number of hydrogen-bond acceptors (Lipinski definition) is 5. The van der Waals surface area contributed by atoms with Crippen LogP contribution in [0.15, 0.2) is 0 Å². The molecule has 0 spiro atoms. The van der Waals surface area contributed by atoms with Crippen molar-refractivity contribution in [2.45, 2.75) is 32.6 Å². The third kappa shape index (κ3) is 8.67. The van der Waals surface area contributed by atoms with Gasteiger partial charge < -0.3 is 15.4 Å². The molecule has 1 aliphatic heterocycles. The Bertz CT molecular complexity index is 317. The van der Waals surface area contributed by atoms with Crippen LogP contribution in [0.1, 0.15) is 32.6 Å². The number of esters is 1. The van der Waals surface area contributed by atoms with Gasteiger partial charge in [0.25, 0.3) is 0 Å². The molecule has 1 rings (SSSR count). The van der Waals surface area contributed by atoms with E-state index in [0.29, 0.717) is 38.5 Å². The molecular formula is C15H29N3O3. The maximum atomic E-state index is 11.8. The predicted octanol–water partition coefficient (Wildman–Crippen LogP) is 0.377. The Kier molecular flexibility index (Phi) is 9.01. The zero-order valence-electron chi connectivity index (χ0n) is 13.3. The zero-order chi connectivity index (χ0) is 15.5. The molecule has 1 amide bonds. The van der Waals surface area contributed by atoms with Crippen LogP contribution in [0.25, 0.3) is 0 Å². The van der Waals surface area contributed by atoms with Gasteiger partial charge in [-0.05, 0) is 52.2 Å². The van der Waals surface area contributed by atoms with Gasteiger partial charge in [-0.2, -0.15) is 0 Å². The van der Waals surface area contributed by atoms with Crippen LogP contribution in [0.2, 0.25) is 0 Å². The first kappa shape index (κ1) is 17.9. The highest BCUT2D eigenvalue weighted by Gasteiger charge is 2.16. The van der Waals surface area contributed by atoms with Gasteiger partial charge in [0.05, 0.1) is 13.2 Å². The van der Waals surface area contributed by atoms with Crippen molar-refractivity contribution >= 4 is 11.9 Å². The standard InChI is InChI=1S/C15H29N3O3/c1-3-21-15(20)7-5-9-17-14(19)12-18(2)11-13-6-4-8-16-10-13/h13,16H,3-12H2,1-2H3,(H,17,19). The quantitative estimate of drug-likeness (QED) is 0.476.